The first kappa shape index (κ1) is 37.0. The molecule has 3 N–H and O–H groups in total. The zero-order valence-electron chi connectivity index (χ0n) is 31.6. The number of hydrogen-bond donors (Lipinski definition) is 3. The summed E-state index contributed by atoms with van der Waals surface area (Å²) in [5.41, 5.74) is -1.60. The molecule has 0 radical (unpaired) electrons. The molecule has 2 aliphatic carbocycles. The number of hydrogen-bond acceptors (Lipinski definition) is 11. The van der Waals surface area contributed by atoms with Crippen LogP contribution in [0.3, 0.4) is 0 Å². The number of halogens is 2. The van der Waals surface area contributed by atoms with Crippen molar-refractivity contribution in [2.75, 3.05) is 58.0 Å². The zero-order chi connectivity index (χ0) is 38.0. The van der Waals surface area contributed by atoms with Gasteiger partial charge in [0.05, 0.1) is 39.1 Å². The monoisotopic (exact) mass is 747 g/mol. The fourth-order valence-electron chi connectivity index (χ4n) is 10.0. The molecule has 4 heterocycles. The van der Waals surface area contributed by atoms with E-state index < -0.39 is 22.8 Å². The van der Waals surface area contributed by atoms with Gasteiger partial charge in [-0.3, -0.25) is 4.90 Å². The maximum Gasteiger partial charge on any atom is 0.319 e. The number of piperidine rings is 1. The Kier molecular flexibility index (Phi) is 9.59. The van der Waals surface area contributed by atoms with Crippen molar-refractivity contribution >= 4 is 27.5 Å². The third-order valence-corrected chi connectivity index (χ3v) is 12.3. The average Bonchev–Trinajstić information content (AvgIpc) is 3.47. The van der Waals surface area contributed by atoms with Crippen LogP contribution in [0, 0.1) is 23.0 Å². The highest BCUT2D eigenvalue weighted by molar-refractivity contribution is 6.03. The Morgan fingerprint density at radius 2 is 1.80 bits per heavy atom. The fraction of sp³-hybridized carbons (Fsp3) is 0.585. The van der Waals surface area contributed by atoms with Gasteiger partial charge in [-0.05, 0) is 106 Å². The molecule has 8 rings (SSSR count). The molecule has 2 saturated heterocycles. The molecule has 2 aliphatic heterocycles. The van der Waals surface area contributed by atoms with Crippen molar-refractivity contribution in [1.29, 1.82) is 0 Å². The number of aliphatic hydroxyl groups is 2. The number of anilines is 1. The summed E-state index contributed by atoms with van der Waals surface area (Å²) in [6, 6.07) is 6.13. The van der Waals surface area contributed by atoms with Crippen LogP contribution in [0.1, 0.15) is 71.3 Å². The van der Waals surface area contributed by atoms with Gasteiger partial charge in [0.2, 0.25) is 5.88 Å². The number of aromatic nitrogens is 3. The van der Waals surface area contributed by atoms with E-state index in [4.69, 9.17) is 24.2 Å². The summed E-state index contributed by atoms with van der Waals surface area (Å²) >= 11 is 0. The van der Waals surface area contributed by atoms with Crippen molar-refractivity contribution in [2.45, 2.75) is 89.4 Å². The Morgan fingerprint density at radius 1 is 1.00 bits per heavy atom. The van der Waals surface area contributed by atoms with Crippen molar-refractivity contribution in [1.82, 2.24) is 19.9 Å². The van der Waals surface area contributed by atoms with Gasteiger partial charge >= 0.3 is 6.01 Å². The van der Waals surface area contributed by atoms with E-state index in [1.807, 2.05) is 18.7 Å². The number of benzene rings is 2. The first-order valence-electron chi connectivity index (χ1n) is 19.3. The molecule has 290 valence electrons. The Labute approximate surface area is 314 Å². The number of fused-ring (bicyclic) bond motifs is 3. The summed E-state index contributed by atoms with van der Waals surface area (Å²) in [5, 5.41) is 33.5. The third kappa shape index (κ3) is 6.71. The van der Waals surface area contributed by atoms with E-state index >= 15 is 8.78 Å². The molecule has 4 aliphatic rings. The number of aromatic hydroxyl groups is 1. The predicted octanol–water partition coefficient (Wildman–Crippen LogP) is 6.16. The highest BCUT2D eigenvalue weighted by atomic mass is 19.1. The lowest BCUT2D eigenvalue weighted by Gasteiger charge is -2.50. The van der Waals surface area contributed by atoms with Crippen LogP contribution in [0.2, 0.25) is 0 Å². The van der Waals surface area contributed by atoms with Gasteiger partial charge < -0.3 is 34.4 Å². The largest absolute Gasteiger partial charge is 0.508 e. The average molecular weight is 748 g/mol. The van der Waals surface area contributed by atoms with Gasteiger partial charge in [-0.15, -0.1) is 0 Å². The second-order valence-corrected chi connectivity index (χ2v) is 16.7. The molecular weight excluding hydrogens is 696 g/mol. The Balaban J connectivity index is 1.24. The van der Waals surface area contributed by atoms with Crippen molar-refractivity contribution in [3.05, 3.63) is 41.5 Å². The van der Waals surface area contributed by atoms with Gasteiger partial charge in [-0.1, -0.05) is 19.4 Å². The number of methoxy groups -OCH3 is 1. The lowest BCUT2D eigenvalue weighted by Crippen LogP contribution is -2.55. The molecule has 2 aromatic heterocycles. The first-order valence-corrected chi connectivity index (χ1v) is 19.3. The minimum Gasteiger partial charge on any atom is -0.508 e. The third-order valence-electron chi connectivity index (χ3n) is 12.3. The summed E-state index contributed by atoms with van der Waals surface area (Å²) in [6.45, 7) is 8.64. The number of pyridine rings is 1. The molecule has 13 heteroatoms. The van der Waals surface area contributed by atoms with E-state index in [9.17, 15) is 15.3 Å². The maximum atomic E-state index is 17.3. The Morgan fingerprint density at radius 3 is 2.56 bits per heavy atom. The number of aryl methyl sites for hydroxylation is 1. The molecule has 0 spiro atoms. The summed E-state index contributed by atoms with van der Waals surface area (Å²) in [5.74, 6) is -0.558. The number of phenolic OH excluding ortho intramolecular Hbond substituents is 1. The summed E-state index contributed by atoms with van der Waals surface area (Å²) < 4.78 is 50.7. The zero-order valence-corrected chi connectivity index (χ0v) is 31.6. The molecule has 3 unspecified atom stereocenters. The second-order valence-electron chi connectivity index (χ2n) is 16.7. The minimum absolute atomic E-state index is 0.00587. The highest BCUT2D eigenvalue weighted by Crippen LogP contribution is 2.50. The van der Waals surface area contributed by atoms with Gasteiger partial charge in [0, 0.05) is 30.1 Å². The van der Waals surface area contributed by atoms with E-state index in [2.05, 4.69) is 9.88 Å². The minimum atomic E-state index is -1.23. The first-order chi connectivity index (χ1) is 25.8. The summed E-state index contributed by atoms with van der Waals surface area (Å²) in [4.78, 5) is 18.7. The van der Waals surface area contributed by atoms with Crippen LogP contribution >= 0.6 is 0 Å². The van der Waals surface area contributed by atoms with Gasteiger partial charge in [-0.2, -0.15) is 9.97 Å². The molecular formula is C41H51F2N5O6. The van der Waals surface area contributed by atoms with Gasteiger partial charge in [-0.25, -0.2) is 13.8 Å². The van der Waals surface area contributed by atoms with Crippen molar-refractivity contribution < 1.29 is 38.3 Å². The molecule has 54 heavy (non-hydrogen) atoms. The smallest absolute Gasteiger partial charge is 0.319 e. The normalized spacial score (nSPS) is 28.9. The number of likely N-dealkylation sites (tertiary alicyclic amines) is 1. The van der Waals surface area contributed by atoms with Crippen LogP contribution in [0.5, 0.6) is 17.6 Å². The quantitative estimate of drug-likeness (QED) is 0.182. The number of nitrogens with zero attached hydrogens (tertiary/aromatic N) is 5. The van der Waals surface area contributed by atoms with Crippen molar-refractivity contribution in [3.8, 4) is 28.9 Å². The molecule has 3 atom stereocenters. The standard InChI is InChI=1S/C41H51F2N5O6/c1-5-27-29(42)10-9-25-16-26(49)17-28(31(25)27)34-33(43)35-32(37(44-34)52-4)36(48-14-15-53-22-40(3,51)21-48)46-38(45-35)54-23-41-11-6-8-30(41)47(13-7-12-41)20-24-18-39(2,50)19-24/h9-10,16-17,24,30,49-51H,5-8,11-15,18-23H2,1-4H3. The lowest BCUT2D eigenvalue weighted by molar-refractivity contribution is -0.0823. The van der Waals surface area contributed by atoms with Crippen LogP contribution in [-0.2, 0) is 11.2 Å². The molecule has 2 saturated carbocycles. The summed E-state index contributed by atoms with van der Waals surface area (Å²) in [7, 11) is 1.43. The number of β-amino-alcohol motifs (C(OH)–C–C–N with tert-alkyl or cyclic N) is 1. The number of phenols is 1. The molecule has 2 aromatic carbocycles. The van der Waals surface area contributed by atoms with Crippen LogP contribution in [0.25, 0.3) is 32.9 Å². The van der Waals surface area contributed by atoms with Gasteiger partial charge in [0.15, 0.2) is 5.82 Å². The molecule has 0 amide bonds. The van der Waals surface area contributed by atoms with Crippen LogP contribution < -0.4 is 14.4 Å². The number of rotatable bonds is 9. The van der Waals surface area contributed by atoms with E-state index in [0.717, 1.165) is 58.0 Å². The van der Waals surface area contributed by atoms with Crippen LogP contribution in [0.4, 0.5) is 14.6 Å². The fourth-order valence-corrected chi connectivity index (χ4v) is 10.0. The van der Waals surface area contributed by atoms with Crippen molar-refractivity contribution in [3.63, 3.8) is 0 Å². The highest BCUT2D eigenvalue weighted by Gasteiger charge is 2.50. The Bertz CT molecular complexity index is 2070. The van der Waals surface area contributed by atoms with E-state index in [1.54, 1.807) is 13.0 Å². The molecule has 0 bridgehead atoms. The second kappa shape index (κ2) is 14.0. The van der Waals surface area contributed by atoms with Gasteiger partial charge in [0.25, 0.3) is 0 Å². The number of ether oxygens (including phenoxy) is 3. The van der Waals surface area contributed by atoms with E-state index in [-0.39, 0.29) is 58.4 Å². The molecule has 11 nitrogen and oxygen atoms in total. The van der Waals surface area contributed by atoms with Crippen LogP contribution in [-0.4, -0.2) is 106 Å². The SMILES string of the molecule is CCc1c(F)ccc2cc(O)cc(-c3nc(OC)c4c(N5CCOCC(C)(O)C5)nc(OCC56CCCC5N(CC5CC(C)(O)C5)CCC6)nc4c3F)c12. The lowest BCUT2D eigenvalue weighted by atomic mass is 9.70. The van der Waals surface area contributed by atoms with Crippen molar-refractivity contribution in [2.24, 2.45) is 11.3 Å². The predicted molar refractivity (Wildman–Crippen MR) is 201 cm³/mol. The van der Waals surface area contributed by atoms with Gasteiger partial charge in [0.1, 0.15) is 39.6 Å². The Hall–Kier alpha value is -3.91. The van der Waals surface area contributed by atoms with E-state index in [1.165, 1.54) is 25.3 Å². The van der Waals surface area contributed by atoms with E-state index in [0.29, 0.717) is 60.3 Å². The summed E-state index contributed by atoms with van der Waals surface area (Å²) in [6.07, 6.45) is 7.16. The molecule has 4 fully saturated rings. The topological polar surface area (TPSA) is 134 Å². The maximum absolute atomic E-state index is 17.3. The van der Waals surface area contributed by atoms with Crippen LogP contribution in [0.15, 0.2) is 24.3 Å². The molecule has 4 aromatic rings.